The van der Waals surface area contributed by atoms with Gasteiger partial charge in [0.25, 0.3) is 0 Å². The third-order valence-electron chi connectivity index (χ3n) is 4.22. The Labute approximate surface area is 105 Å². The van der Waals surface area contributed by atoms with E-state index >= 15 is 0 Å². The molecular formula is C15H24N2. The van der Waals surface area contributed by atoms with Gasteiger partial charge in [-0.2, -0.15) is 0 Å². The molecule has 0 aromatic carbocycles. The van der Waals surface area contributed by atoms with Crippen LogP contribution in [0.25, 0.3) is 0 Å². The van der Waals surface area contributed by atoms with Gasteiger partial charge in [0.1, 0.15) is 5.82 Å². The maximum absolute atomic E-state index is 4.70. The van der Waals surface area contributed by atoms with Crippen LogP contribution in [-0.2, 0) is 12.8 Å². The van der Waals surface area contributed by atoms with Crippen LogP contribution in [0.4, 0.5) is 5.82 Å². The molecule has 0 fully saturated rings. The van der Waals surface area contributed by atoms with Gasteiger partial charge >= 0.3 is 0 Å². The van der Waals surface area contributed by atoms with Gasteiger partial charge in [0.15, 0.2) is 0 Å². The molecular weight excluding hydrogens is 208 g/mol. The van der Waals surface area contributed by atoms with Gasteiger partial charge in [-0.1, -0.05) is 33.8 Å². The molecule has 1 aromatic rings. The summed E-state index contributed by atoms with van der Waals surface area (Å²) in [5.74, 6) is 1.71. The topological polar surface area (TPSA) is 24.9 Å². The number of rotatable bonds is 4. The van der Waals surface area contributed by atoms with Gasteiger partial charge in [0, 0.05) is 12.2 Å². The molecule has 1 N–H and O–H groups in total. The Bertz CT molecular complexity index is 394. The molecule has 2 nitrogen and oxygen atoms in total. The van der Waals surface area contributed by atoms with E-state index in [4.69, 9.17) is 4.98 Å². The molecule has 0 saturated heterocycles. The molecule has 0 saturated carbocycles. The van der Waals surface area contributed by atoms with Crippen molar-refractivity contribution in [2.45, 2.75) is 47.0 Å². The van der Waals surface area contributed by atoms with E-state index in [1.807, 2.05) is 0 Å². The SMILES string of the molecule is CC(C)C(C)(C)CNc1ccc2c(n1)CCC2. The standard InChI is InChI=1S/C15H24N2/c1-11(2)15(3,4)10-16-14-9-8-12-6-5-7-13(12)17-14/h8-9,11H,5-7,10H2,1-4H3,(H,16,17). The lowest BCUT2D eigenvalue weighted by molar-refractivity contribution is 0.269. The number of aromatic nitrogens is 1. The number of nitrogens with one attached hydrogen (secondary N) is 1. The van der Waals surface area contributed by atoms with Gasteiger partial charge in [0.2, 0.25) is 0 Å². The Morgan fingerprint density at radius 1 is 1.29 bits per heavy atom. The zero-order chi connectivity index (χ0) is 12.5. The summed E-state index contributed by atoms with van der Waals surface area (Å²) in [5.41, 5.74) is 3.05. The van der Waals surface area contributed by atoms with E-state index in [0.717, 1.165) is 18.8 Å². The molecule has 1 aliphatic carbocycles. The highest BCUT2D eigenvalue weighted by Gasteiger charge is 2.22. The number of nitrogens with zero attached hydrogens (tertiary/aromatic N) is 1. The van der Waals surface area contributed by atoms with Gasteiger partial charge in [-0.05, 0) is 42.2 Å². The maximum Gasteiger partial charge on any atom is 0.126 e. The van der Waals surface area contributed by atoms with Crippen LogP contribution in [0.3, 0.4) is 0 Å². The van der Waals surface area contributed by atoms with Gasteiger partial charge < -0.3 is 5.32 Å². The predicted molar refractivity (Wildman–Crippen MR) is 73.4 cm³/mol. The lowest BCUT2D eigenvalue weighted by Crippen LogP contribution is -2.28. The average Bonchev–Trinajstić information content (AvgIpc) is 2.73. The molecule has 2 rings (SSSR count). The molecule has 1 heterocycles. The highest BCUT2D eigenvalue weighted by atomic mass is 15.0. The van der Waals surface area contributed by atoms with Crippen LogP contribution in [0.2, 0.25) is 0 Å². The fourth-order valence-corrected chi connectivity index (χ4v) is 2.04. The van der Waals surface area contributed by atoms with Gasteiger partial charge in [-0.3, -0.25) is 0 Å². The minimum absolute atomic E-state index is 0.306. The largest absolute Gasteiger partial charge is 0.370 e. The van der Waals surface area contributed by atoms with Crippen LogP contribution in [0.15, 0.2) is 12.1 Å². The second-order valence-electron chi connectivity index (χ2n) is 6.15. The summed E-state index contributed by atoms with van der Waals surface area (Å²) in [4.78, 5) is 4.70. The summed E-state index contributed by atoms with van der Waals surface area (Å²) in [5, 5.41) is 3.48. The van der Waals surface area contributed by atoms with E-state index in [1.54, 1.807) is 0 Å². The summed E-state index contributed by atoms with van der Waals surface area (Å²) >= 11 is 0. The van der Waals surface area contributed by atoms with E-state index < -0.39 is 0 Å². The second kappa shape index (κ2) is 4.67. The first-order chi connectivity index (χ1) is 7.99. The first kappa shape index (κ1) is 12.4. The van der Waals surface area contributed by atoms with Crippen LogP contribution in [0.1, 0.15) is 45.4 Å². The highest BCUT2D eigenvalue weighted by molar-refractivity contribution is 5.40. The molecule has 1 aliphatic rings. The van der Waals surface area contributed by atoms with E-state index in [9.17, 15) is 0 Å². The van der Waals surface area contributed by atoms with Crippen LogP contribution in [-0.4, -0.2) is 11.5 Å². The van der Waals surface area contributed by atoms with E-state index in [2.05, 4.69) is 45.1 Å². The molecule has 2 heteroatoms. The maximum atomic E-state index is 4.70. The first-order valence-electron chi connectivity index (χ1n) is 6.72. The van der Waals surface area contributed by atoms with Crippen molar-refractivity contribution in [3.63, 3.8) is 0 Å². The molecule has 0 amide bonds. The summed E-state index contributed by atoms with van der Waals surface area (Å²) in [6, 6.07) is 4.36. The summed E-state index contributed by atoms with van der Waals surface area (Å²) < 4.78 is 0. The summed E-state index contributed by atoms with van der Waals surface area (Å²) in [6.45, 7) is 10.1. The number of fused-ring (bicyclic) bond motifs is 1. The Kier molecular flexibility index (Phi) is 3.41. The minimum Gasteiger partial charge on any atom is -0.370 e. The first-order valence-corrected chi connectivity index (χ1v) is 6.72. The summed E-state index contributed by atoms with van der Waals surface area (Å²) in [7, 11) is 0. The quantitative estimate of drug-likeness (QED) is 0.857. The van der Waals surface area contributed by atoms with Crippen molar-refractivity contribution < 1.29 is 0 Å². The number of aryl methyl sites for hydroxylation is 2. The lowest BCUT2D eigenvalue weighted by Gasteiger charge is -2.29. The zero-order valence-electron chi connectivity index (χ0n) is 11.5. The van der Waals surface area contributed by atoms with Crippen LogP contribution in [0, 0.1) is 11.3 Å². The van der Waals surface area contributed by atoms with Crippen molar-refractivity contribution >= 4 is 5.82 Å². The Morgan fingerprint density at radius 2 is 2.06 bits per heavy atom. The van der Waals surface area contributed by atoms with E-state index in [0.29, 0.717) is 11.3 Å². The van der Waals surface area contributed by atoms with Crippen molar-refractivity contribution in [3.05, 3.63) is 23.4 Å². The fourth-order valence-electron chi connectivity index (χ4n) is 2.04. The highest BCUT2D eigenvalue weighted by Crippen LogP contribution is 2.27. The number of hydrogen-bond acceptors (Lipinski definition) is 2. The predicted octanol–water partition coefficient (Wildman–Crippen LogP) is 3.66. The Morgan fingerprint density at radius 3 is 2.76 bits per heavy atom. The number of hydrogen-bond donors (Lipinski definition) is 1. The van der Waals surface area contributed by atoms with Gasteiger partial charge in [-0.15, -0.1) is 0 Å². The van der Waals surface area contributed by atoms with E-state index in [-0.39, 0.29) is 0 Å². The average molecular weight is 232 g/mol. The lowest BCUT2D eigenvalue weighted by atomic mass is 9.81. The Balaban J connectivity index is 2.00. The minimum atomic E-state index is 0.306. The third-order valence-corrected chi connectivity index (χ3v) is 4.22. The number of pyridine rings is 1. The molecule has 1 aromatic heterocycles. The molecule has 0 spiro atoms. The van der Waals surface area contributed by atoms with Crippen molar-refractivity contribution in [2.75, 3.05) is 11.9 Å². The molecule has 94 valence electrons. The van der Waals surface area contributed by atoms with E-state index in [1.165, 1.54) is 24.1 Å². The van der Waals surface area contributed by atoms with Gasteiger partial charge in [-0.25, -0.2) is 4.98 Å². The molecule has 0 atom stereocenters. The molecule has 0 radical (unpaired) electrons. The van der Waals surface area contributed by atoms with Crippen LogP contribution >= 0.6 is 0 Å². The second-order valence-corrected chi connectivity index (χ2v) is 6.15. The molecule has 0 aliphatic heterocycles. The molecule has 0 bridgehead atoms. The van der Waals surface area contributed by atoms with Crippen molar-refractivity contribution in [3.8, 4) is 0 Å². The van der Waals surface area contributed by atoms with Crippen molar-refractivity contribution in [2.24, 2.45) is 11.3 Å². The smallest absolute Gasteiger partial charge is 0.126 e. The van der Waals surface area contributed by atoms with Crippen molar-refractivity contribution in [1.82, 2.24) is 4.98 Å². The third kappa shape index (κ3) is 2.80. The Hall–Kier alpha value is -1.05. The molecule has 17 heavy (non-hydrogen) atoms. The molecule has 0 unspecified atom stereocenters. The van der Waals surface area contributed by atoms with Gasteiger partial charge in [0.05, 0.1) is 0 Å². The summed E-state index contributed by atoms with van der Waals surface area (Å²) in [6.07, 6.45) is 3.63. The zero-order valence-corrected chi connectivity index (χ0v) is 11.5. The normalized spacial score (nSPS) is 15.1. The monoisotopic (exact) mass is 232 g/mol. The van der Waals surface area contributed by atoms with Crippen molar-refractivity contribution in [1.29, 1.82) is 0 Å². The van der Waals surface area contributed by atoms with Crippen LogP contribution < -0.4 is 5.32 Å². The van der Waals surface area contributed by atoms with Crippen LogP contribution in [0.5, 0.6) is 0 Å². The fraction of sp³-hybridized carbons (Fsp3) is 0.667. The number of anilines is 1.